The van der Waals surface area contributed by atoms with Crippen molar-refractivity contribution < 1.29 is 0 Å². The molecule has 1 aromatic rings. The van der Waals surface area contributed by atoms with Crippen LogP contribution in [0, 0.1) is 0 Å². The molecular weight excluding hydrogens is 160 g/mol. The van der Waals surface area contributed by atoms with Crippen molar-refractivity contribution in [1.82, 2.24) is 0 Å². The highest BCUT2D eigenvalue weighted by Crippen LogP contribution is 2.37. The summed E-state index contributed by atoms with van der Waals surface area (Å²) in [6.45, 7) is 0. The van der Waals surface area contributed by atoms with E-state index in [9.17, 15) is 0 Å². The van der Waals surface area contributed by atoms with Crippen molar-refractivity contribution in [2.24, 2.45) is 0 Å². The van der Waals surface area contributed by atoms with E-state index in [1.165, 1.54) is 24.2 Å². The average molecular weight is 172 g/mol. The largest absolute Gasteiger partial charge is 0.363 e. The van der Waals surface area contributed by atoms with Crippen LogP contribution in [0.1, 0.15) is 12.8 Å². The van der Waals surface area contributed by atoms with Crippen molar-refractivity contribution in [1.29, 1.82) is 0 Å². The van der Waals surface area contributed by atoms with Gasteiger partial charge < -0.3 is 10.2 Å². The molecule has 1 aromatic carbocycles. The van der Waals surface area contributed by atoms with Crippen LogP contribution < -0.4 is 10.2 Å². The van der Waals surface area contributed by atoms with E-state index in [0.717, 1.165) is 0 Å². The molecule has 0 fully saturated rings. The van der Waals surface area contributed by atoms with Crippen LogP contribution in [0.5, 0.6) is 0 Å². The molecule has 2 heterocycles. The summed E-state index contributed by atoms with van der Waals surface area (Å²) in [5, 5.41) is 3.51. The third-order valence-corrected chi connectivity index (χ3v) is 2.71. The van der Waals surface area contributed by atoms with Gasteiger partial charge in [-0.05, 0) is 25.0 Å². The van der Waals surface area contributed by atoms with E-state index < -0.39 is 0 Å². The number of allylic oxidation sites excluding steroid dienone is 1. The summed E-state index contributed by atoms with van der Waals surface area (Å²) in [6, 6.07) is 8.47. The first-order valence-corrected chi connectivity index (χ1v) is 4.76. The number of rotatable bonds is 0. The van der Waals surface area contributed by atoms with Gasteiger partial charge in [0.15, 0.2) is 0 Å². The van der Waals surface area contributed by atoms with Crippen molar-refractivity contribution in [3.05, 3.63) is 36.5 Å². The Bertz CT molecular complexity index is 357. The van der Waals surface area contributed by atoms with Gasteiger partial charge in [-0.1, -0.05) is 18.2 Å². The van der Waals surface area contributed by atoms with Crippen LogP contribution in [0.3, 0.4) is 0 Å². The van der Waals surface area contributed by atoms with Crippen LogP contribution in [-0.2, 0) is 0 Å². The minimum absolute atomic E-state index is 0.488. The maximum atomic E-state index is 3.51. The van der Waals surface area contributed by atoms with Crippen molar-refractivity contribution in [3.63, 3.8) is 0 Å². The number of para-hydroxylation sites is 2. The number of hydrogen-bond donors (Lipinski definition) is 1. The van der Waals surface area contributed by atoms with Gasteiger partial charge in [0.25, 0.3) is 0 Å². The molecule has 3 rings (SSSR count). The van der Waals surface area contributed by atoms with Gasteiger partial charge in [0.2, 0.25) is 0 Å². The molecule has 0 saturated heterocycles. The summed E-state index contributed by atoms with van der Waals surface area (Å²) in [4.78, 5) is 2.32. The number of anilines is 2. The number of nitrogens with zero attached hydrogens (tertiary/aromatic N) is 1. The Morgan fingerprint density at radius 1 is 1.31 bits per heavy atom. The van der Waals surface area contributed by atoms with E-state index in [0.29, 0.717) is 6.17 Å². The van der Waals surface area contributed by atoms with E-state index in [1.807, 2.05) is 0 Å². The van der Waals surface area contributed by atoms with Gasteiger partial charge in [-0.15, -0.1) is 0 Å². The minimum atomic E-state index is 0.488. The molecular formula is C11H12N2. The van der Waals surface area contributed by atoms with Gasteiger partial charge in [-0.3, -0.25) is 0 Å². The quantitative estimate of drug-likeness (QED) is 0.647. The van der Waals surface area contributed by atoms with Gasteiger partial charge in [0.05, 0.1) is 11.4 Å². The number of nitrogens with one attached hydrogen (secondary N) is 1. The van der Waals surface area contributed by atoms with E-state index in [2.05, 4.69) is 46.8 Å². The Hall–Kier alpha value is -1.44. The topological polar surface area (TPSA) is 15.3 Å². The van der Waals surface area contributed by atoms with Gasteiger partial charge in [-0.25, -0.2) is 0 Å². The van der Waals surface area contributed by atoms with Gasteiger partial charge in [0, 0.05) is 6.20 Å². The molecule has 0 amide bonds. The molecule has 2 aliphatic heterocycles. The molecule has 0 saturated carbocycles. The first-order chi connectivity index (χ1) is 6.45. The van der Waals surface area contributed by atoms with Crippen LogP contribution in [-0.4, -0.2) is 6.17 Å². The molecule has 0 bridgehead atoms. The molecule has 13 heavy (non-hydrogen) atoms. The van der Waals surface area contributed by atoms with Crippen molar-refractivity contribution >= 4 is 11.4 Å². The van der Waals surface area contributed by atoms with Crippen LogP contribution >= 0.6 is 0 Å². The van der Waals surface area contributed by atoms with E-state index >= 15 is 0 Å². The van der Waals surface area contributed by atoms with Gasteiger partial charge in [0.1, 0.15) is 6.17 Å². The second-order valence-corrected chi connectivity index (χ2v) is 3.55. The molecule has 2 heteroatoms. The predicted octanol–water partition coefficient (Wildman–Crippen LogP) is 2.55. The zero-order chi connectivity index (χ0) is 8.67. The van der Waals surface area contributed by atoms with Crippen LogP contribution in [0.25, 0.3) is 0 Å². The second kappa shape index (κ2) is 2.52. The van der Waals surface area contributed by atoms with E-state index in [1.54, 1.807) is 0 Å². The third kappa shape index (κ3) is 0.949. The normalized spacial score (nSPS) is 23.7. The summed E-state index contributed by atoms with van der Waals surface area (Å²) in [7, 11) is 0. The van der Waals surface area contributed by atoms with Crippen LogP contribution in [0.2, 0.25) is 0 Å². The summed E-state index contributed by atoms with van der Waals surface area (Å²) in [5.41, 5.74) is 2.57. The first kappa shape index (κ1) is 7.01. The fraction of sp³-hybridized carbons (Fsp3) is 0.273. The third-order valence-electron chi connectivity index (χ3n) is 2.71. The Kier molecular flexibility index (Phi) is 1.36. The second-order valence-electron chi connectivity index (χ2n) is 3.55. The highest BCUT2D eigenvalue weighted by atomic mass is 15.3. The number of benzene rings is 1. The molecule has 1 N–H and O–H groups in total. The lowest BCUT2D eigenvalue weighted by atomic mass is 10.2. The highest BCUT2D eigenvalue weighted by molar-refractivity contribution is 5.77. The molecule has 2 nitrogen and oxygen atoms in total. The lowest BCUT2D eigenvalue weighted by Crippen LogP contribution is -2.33. The zero-order valence-corrected chi connectivity index (χ0v) is 7.40. The maximum Gasteiger partial charge on any atom is 0.104 e. The first-order valence-electron chi connectivity index (χ1n) is 4.76. The smallest absolute Gasteiger partial charge is 0.104 e. The number of fused-ring (bicyclic) bond motifs is 3. The van der Waals surface area contributed by atoms with Crippen molar-refractivity contribution in [2.45, 2.75) is 19.0 Å². The molecule has 1 atom stereocenters. The molecule has 0 aliphatic carbocycles. The fourth-order valence-corrected chi connectivity index (χ4v) is 2.08. The molecule has 66 valence electrons. The Morgan fingerprint density at radius 3 is 3.23 bits per heavy atom. The molecule has 0 spiro atoms. The Balaban J connectivity index is 2.09. The zero-order valence-electron chi connectivity index (χ0n) is 7.40. The summed E-state index contributed by atoms with van der Waals surface area (Å²) in [6.07, 6.45) is 7.29. The molecule has 0 aromatic heterocycles. The van der Waals surface area contributed by atoms with Crippen molar-refractivity contribution in [3.8, 4) is 0 Å². The summed E-state index contributed by atoms with van der Waals surface area (Å²) < 4.78 is 0. The molecule has 1 unspecified atom stereocenters. The standard InChI is InChI=1S/C11H12N2/c1-2-6-10-9(5-1)12-11-7-3-4-8-13(10)11/h1-2,4-6,8,11-12H,3,7H2. The molecule has 0 radical (unpaired) electrons. The lowest BCUT2D eigenvalue weighted by Gasteiger charge is -2.25. The van der Waals surface area contributed by atoms with Gasteiger partial charge in [-0.2, -0.15) is 0 Å². The maximum absolute atomic E-state index is 3.51. The Morgan fingerprint density at radius 2 is 2.23 bits per heavy atom. The minimum Gasteiger partial charge on any atom is -0.363 e. The predicted molar refractivity (Wildman–Crippen MR) is 54.7 cm³/mol. The highest BCUT2D eigenvalue weighted by Gasteiger charge is 2.27. The van der Waals surface area contributed by atoms with Crippen molar-refractivity contribution in [2.75, 3.05) is 10.2 Å². The average Bonchev–Trinajstić information content (AvgIpc) is 2.56. The fourth-order valence-electron chi connectivity index (χ4n) is 2.08. The Labute approximate surface area is 77.9 Å². The lowest BCUT2D eigenvalue weighted by molar-refractivity contribution is 0.660. The molecule has 2 aliphatic rings. The van der Waals surface area contributed by atoms with E-state index in [4.69, 9.17) is 0 Å². The summed E-state index contributed by atoms with van der Waals surface area (Å²) in [5.74, 6) is 0. The summed E-state index contributed by atoms with van der Waals surface area (Å²) >= 11 is 0. The van der Waals surface area contributed by atoms with Crippen LogP contribution in [0.15, 0.2) is 36.5 Å². The van der Waals surface area contributed by atoms with Crippen LogP contribution in [0.4, 0.5) is 11.4 Å². The SMILES string of the molecule is C1=CN2c3ccccc3NC2CC1. The van der Waals surface area contributed by atoms with E-state index in [-0.39, 0.29) is 0 Å². The van der Waals surface area contributed by atoms with Gasteiger partial charge >= 0.3 is 0 Å². The monoisotopic (exact) mass is 172 g/mol. The number of hydrogen-bond acceptors (Lipinski definition) is 2.